The van der Waals surface area contributed by atoms with E-state index in [1.807, 2.05) is 6.92 Å². The molecule has 0 saturated carbocycles. The number of nitrogens with two attached hydrogens (primary N) is 1. The number of carbonyl (C=O) groups excluding carboxylic acids is 1. The van der Waals surface area contributed by atoms with Crippen LogP contribution in [0.5, 0.6) is 0 Å². The van der Waals surface area contributed by atoms with E-state index >= 15 is 0 Å². The minimum absolute atomic E-state index is 0. The van der Waals surface area contributed by atoms with Crippen molar-refractivity contribution < 1.29 is 13.2 Å². The molecule has 1 rings (SSSR count). The van der Waals surface area contributed by atoms with Crippen LogP contribution in [0.1, 0.15) is 50.9 Å². The topological polar surface area (TPSA) is 101 Å². The number of amides is 1. The second-order valence-corrected chi connectivity index (χ2v) is 8.20. The van der Waals surface area contributed by atoms with Crippen molar-refractivity contribution in [3.8, 4) is 0 Å². The summed E-state index contributed by atoms with van der Waals surface area (Å²) in [6.07, 6.45) is 1.50. The van der Waals surface area contributed by atoms with Gasteiger partial charge < -0.3 is 11.1 Å². The van der Waals surface area contributed by atoms with Gasteiger partial charge in [-0.3, -0.25) is 4.79 Å². The van der Waals surface area contributed by atoms with E-state index in [2.05, 4.69) is 23.9 Å². The van der Waals surface area contributed by atoms with E-state index < -0.39 is 10.0 Å². The Balaban J connectivity index is 0.00000576. The fraction of sp³-hybridized carbons (Fsp3) is 0.588. The quantitative estimate of drug-likeness (QED) is 0.601. The Bertz CT molecular complexity index is 633. The third kappa shape index (κ3) is 7.73. The Morgan fingerprint density at radius 1 is 1.16 bits per heavy atom. The van der Waals surface area contributed by atoms with E-state index in [9.17, 15) is 13.2 Å². The predicted molar refractivity (Wildman–Crippen MR) is 104 cm³/mol. The lowest BCUT2D eigenvalue weighted by Gasteiger charge is -2.19. The van der Waals surface area contributed by atoms with Crippen molar-refractivity contribution >= 4 is 28.3 Å². The molecule has 2 atom stereocenters. The van der Waals surface area contributed by atoms with Gasteiger partial charge in [0, 0.05) is 24.2 Å². The van der Waals surface area contributed by atoms with E-state index in [-0.39, 0.29) is 35.3 Å². The van der Waals surface area contributed by atoms with E-state index in [1.165, 1.54) is 24.3 Å². The summed E-state index contributed by atoms with van der Waals surface area (Å²) in [6.45, 7) is 8.22. The van der Waals surface area contributed by atoms with Gasteiger partial charge in [-0.05, 0) is 49.9 Å². The molecule has 0 spiro atoms. The van der Waals surface area contributed by atoms with Gasteiger partial charge in [0.2, 0.25) is 10.0 Å². The molecule has 25 heavy (non-hydrogen) atoms. The molecule has 1 aromatic rings. The van der Waals surface area contributed by atoms with Crippen molar-refractivity contribution in [1.82, 2.24) is 10.0 Å². The first-order valence-corrected chi connectivity index (χ1v) is 9.81. The van der Waals surface area contributed by atoms with Crippen molar-refractivity contribution in [2.45, 2.75) is 57.5 Å². The third-order valence-electron chi connectivity index (χ3n) is 3.77. The lowest BCUT2D eigenvalue weighted by Crippen LogP contribution is -2.41. The Kier molecular flexibility index (Phi) is 10.3. The van der Waals surface area contributed by atoms with Gasteiger partial charge in [-0.2, -0.15) is 0 Å². The Hall–Kier alpha value is -1.15. The van der Waals surface area contributed by atoms with Gasteiger partial charge in [-0.1, -0.05) is 20.8 Å². The van der Waals surface area contributed by atoms with Crippen LogP contribution in [0.4, 0.5) is 0 Å². The number of carbonyl (C=O) groups is 1. The van der Waals surface area contributed by atoms with Crippen LogP contribution in [-0.2, 0) is 10.0 Å². The monoisotopic (exact) mass is 391 g/mol. The number of hydrogen-bond donors (Lipinski definition) is 3. The molecule has 0 bridgehead atoms. The normalized spacial score (nSPS) is 13.8. The van der Waals surface area contributed by atoms with Crippen molar-refractivity contribution in [3.05, 3.63) is 29.8 Å². The molecular weight excluding hydrogens is 362 g/mol. The highest BCUT2D eigenvalue weighted by Crippen LogP contribution is 2.12. The fourth-order valence-corrected chi connectivity index (χ4v) is 3.58. The predicted octanol–water partition coefficient (Wildman–Crippen LogP) is 2.29. The summed E-state index contributed by atoms with van der Waals surface area (Å²) in [5.74, 6) is 0.183. The molecule has 0 heterocycles. The van der Waals surface area contributed by atoms with Crippen LogP contribution in [0, 0.1) is 5.92 Å². The zero-order chi connectivity index (χ0) is 18.3. The lowest BCUT2D eigenvalue weighted by atomic mass is 10.0. The summed E-state index contributed by atoms with van der Waals surface area (Å²) in [6, 6.07) is 5.69. The van der Waals surface area contributed by atoms with Crippen LogP contribution in [0.15, 0.2) is 29.2 Å². The van der Waals surface area contributed by atoms with Gasteiger partial charge in [-0.15, -0.1) is 12.4 Å². The van der Waals surface area contributed by atoms with E-state index in [0.717, 1.165) is 6.42 Å². The number of benzene rings is 1. The van der Waals surface area contributed by atoms with Crippen molar-refractivity contribution in [2.24, 2.45) is 11.7 Å². The summed E-state index contributed by atoms with van der Waals surface area (Å²) < 4.78 is 27.0. The molecule has 0 aromatic heterocycles. The maximum atomic E-state index is 12.2. The number of rotatable bonds is 9. The molecule has 0 radical (unpaired) electrons. The molecule has 144 valence electrons. The highest BCUT2D eigenvalue weighted by atomic mass is 35.5. The van der Waals surface area contributed by atoms with Crippen LogP contribution < -0.4 is 15.8 Å². The Morgan fingerprint density at radius 3 is 2.16 bits per heavy atom. The summed E-state index contributed by atoms with van der Waals surface area (Å²) in [5.41, 5.74) is 6.10. The van der Waals surface area contributed by atoms with Gasteiger partial charge in [0.15, 0.2) is 0 Å². The van der Waals surface area contributed by atoms with E-state index in [4.69, 9.17) is 5.73 Å². The molecule has 1 aromatic carbocycles. The molecule has 0 aliphatic heterocycles. The second kappa shape index (κ2) is 10.8. The Labute approximate surface area is 157 Å². The molecule has 4 N–H and O–H groups in total. The minimum atomic E-state index is -3.56. The fourth-order valence-electron chi connectivity index (χ4n) is 2.25. The van der Waals surface area contributed by atoms with Gasteiger partial charge in [-0.25, -0.2) is 13.1 Å². The van der Waals surface area contributed by atoms with Gasteiger partial charge in [0.25, 0.3) is 5.91 Å². The molecule has 8 heteroatoms. The third-order valence-corrected chi connectivity index (χ3v) is 5.38. The van der Waals surface area contributed by atoms with Crippen LogP contribution in [0.2, 0.25) is 0 Å². The van der Waals surface area contributed by atoms with Gasteiger partial charge in [0.05, 0.1) is 4.90 Å². The number of halogens is 1. The molecule has 1 amide bonds. The van der Waals surface area contributed by atoms with Crippen molar-refractivity contribution in [1.29, 1.82) is 0 Å². The second-order valence-electron chi connectivity index (χ2n) is 6.49. The average Bonchev–Trinajstić information content (AvgIpc) is 2.53. The Morgan fingerprint density at radius 2 is 1.72 bits per heavy atom. The minimum Gasteiger partial charge on any atom is -0.348 e. The first kappa shape index (κ1) is 23.9. The first-order chi connectivity index (χ1) is 11.2. The summed E-state index contributed by atoms with van der Waals surface area (Å²) in [4.78, 5) is 12.4. The molecule has 0 fully saturated rings. The summed E-state index contributed by atoms with van der Waals surface area (Å²) in [5, 5.41) is 2.88. The van der Waals surface area contributed by atoms with Crippen LogP contribution in [-0.4, -0.2) is 33.0 Å². The van der Waals surface area contributed by atoms with Crippen LogP contribution in [0.25, 0.3) is 0 Å². The summed E-state index contributed by atoms with van der Waals surface area (Å²) >= 11 is 0. The average molecular weight is 392 g/mol. The lowest BCUT2D eigenvalue weighted by molar-refractivity contribution is 0.0933. The van der Waals surface area contributed by atoms with E-state index in [0.29, 0.717) is 24.4 Å². The van der Waals surface area contributed by atoms with Gasteiger partial charge >= 0.3 is 0 Å². The molecule has 0 saturated heterocycles. The standard InChI is InChI=1S/C17H29N3O3S.ClH/c1-5-13(4)20-24(22,23)16-8-6-14(7-9-16)17(21)19-15(11-18)10-12(2)3;/h6-9,12-13,15,20H,5,10-11,18H2,1-4H3,(H,19,21);1H. The van der Waals surface area contributed by atoms with Crippen molar-refractivity contribution in [2.75, 3.05) is 6.54 Å². The smallest absolute Gasteiger partial charge is 0.251 e. The van der Waals surface area contributed by atoms with Gasteiger partial charge in [0.1, 0.15) is 0 Å². The largest absolute Gasteiger partial charge is 0.348 e. The number of sulfonamides is 1. The summed E-state index contributed by atoms with van der Waals surface area (Å²) in [7, 11) is -3.56. The maximum Gasteiger partial charge on any atom is 0.251 e. The first-order valence-electron chi connectivity index (χ1n) is 8.32. The zero-order valence-electron chi connectivity index (χ0n) is 15.3. The number of hydrogen-bond acceptors (Lipinski definition) is 4. The molecule has 0 aliphatic carbocycles. The molecule has 6 nitrogen and oxygen atoms in total. The zero-order valence-corrected chi connectivity index (χ0v) is 16.9. The number of nitrogens with one attached hydrogen (secondary N) is 2. The maximum absolute atomic E-state index is 12.2. The molecular formula is C17H30ClN3O3S. The molecule has 2 unspecified atom stereocenters. The highest BCUT2D eigenvalue weighted by molar-refractivity contribution is 7.89. The van der Waals surface area contributed by atoms with Crippen LogP contribution in [0.3, 0.4) is 0 Å². The van der Waals surface area contributed by atoms with E-state index in [1.54, 1.807) is 6.92 Å². The van der Waals surface area contributed by atoms with Crippen LogP contribution >= 0.6 is 12.4 Å². The molecule has 0 aliphatic rings. The van der Waals surface area contributed by atoms with Crippen molar-refractivity contribution in [3.63, 3.8) is 0 Å². The highest BCUT2D eigenvalue weighted by Gasteiger charge is 2.18. The SMILES string of the molecule is CCC(C)NS(=O)(=O)c1ccc(C(=O)NC(CN)CC(C)C)cc1.Cl.